The van der Waals surface area contributed by atoms with E-state index in [2.05, 4.69) is 42.6 Å². The van der Waals surface area contributed by atoms with Crippen molar-refractivity contribution < 1.29 is 4.79 Å². The van der Waals surface area contributed by atoms with Crippen molar-refractivity contribution in [3.05, 3.63) is 35.9 Å². The standard InChI is InChI=1S/C25H33NO/c1-23-10-18-11-24(14-23,20-5-3-2-4-6-20)16-25(12-18,15-23)22(27)9-19-7-17-8-21(19)26-13-17/h2-6,17-19,21,26H,7-16H2,1H3/t17?,18?,19?,21?,23-,24-,25?/m0/s1. The fraction of sp³-hybridized carbons (Fsp3) is 0.720. The summed E-state index contributed by atoms with van der Waals surface area (Å²) in [4.78, 5) is 13.8. The van der Waals surface area contributed by atoms with E-state index in [4.69, 9.17) is 0 Å². The molecule has 0 amide bonds. The first-order valence-electron chi connectivity index (χ1n) is 11.3. The smallest absolute Gasteiger partial charge is 0.139 e. The summed E-state index contributed by atoms with van der Waals surface area (Å²) in [5.74, 6) is 2.85. The largest absolute Gasteiger partial charge is 0.313 e. The van der Waals surface area contributed by atoms with Gasteiger partial charge in [0, 0.05) is 17.9 Å². The fourth-order valence-corrected chi connectivity index (χ4v) is 9.00. The van der Waals surface area contributed by atoms with E-state index in [0.29, 0.717) is 23.2 Å². The van der Waals surface area contributed by atoms with E-state index in [0.717, 1.165) is 31.1 Å². The van der Waals surface area contributed by atoms with Gasteiger partial charge in [0.1, 0.15) is 5.78 Å². The Morgan fingerprint density at radius 1 is 1.04 bits per heavy atom. The lowest BCUT2D eigenvalue weighted by Gasteiger charge is -2.66. The van der Waals surface area contributed by atoms with Gasteiger partial charge in [-0.05, 0) is 92.1 Å². The maximum atomic E-state index is 13.8. The van der Waals surface area contributed by atoms with Gasteiger partial charge in [-0.3, -0.25) is 4.79 Å². The molecule has 7 rings (SSSR count). The zero-order chi connectivity index (χ0) is 18.3. The lowest BCUT2D eigenvalue weighted by molar-refractivity contribution is -0.159. The summed E-state index contributed by atoms with van der Waals surface area (Å²) in [5.41, 5.74) is 2.13. The minimum atomic E-state index is -0.0220. The molecule has 6 aliphatic rings. The van der Waals surface area contributed by atoms with Crippen molar-refractivity contribution in [2.45, 2.75) is 76.2 Å². The van der Waals surface area contributed by atoms with Gasteiger partial charge in [0.25, 0.3) is 0 Å². The first-order chi connectivity index (χ1) is 13.0. The molecular formula is C25H33NO. The van der Waals surface area contributed by atoms with Gasteiger partial charge >= 0.3 is 0 Å². The van der Waals surface area contributed by atoms with E-state index in [1.165, 1.54) is 50.6 Å². The Morgan fingerprint density at radius 3 is 2.59 bits per heavy atom. The first kappa shape index (κ1) is 16.8. The minimum Gasteiger partial charge on any atom is -0.313 e. The van der Waals surface area contributed by atoms with E-state index >= 15 is 0 Å². The summed E-state index contributed by atoms with van der Waals surface area (Å²) < 4.78 is 0. The second kappa shape index (κ2) is 5.47. The second-order valence-corrected chi connectivity index (χ2v) is 11.5. The van der Waals surface area contributed by atoms with E-state index < -0.39 is 0 Å². The average molecular weight is 364 g/mol. The van der Waals surface area contributed by atoms with Crippen molar-refractivity contribution >= 4 is 5.78 Å². The van der Waals surface area contributed by atoms with Crippen LogP contribution < -0.4 is 5.32 Å². The average Bonchev–Trinajstić information content (AvgIpc) is 3.23. The lowest BCUT2D eigenvalue weighted by Crippen LogP contribution is -2.60. The number of hydrogen-bond acceptors (Lipinski definition) is 2. The van der Waals surface area contributed by atoms with Crippen molar-refractivity contribution in [2.75, 3.05) is 6.54 Å². The molecule has 7 atom stereocenters. The van der Waals surface area contributed by atoms with Crippen LogP contribution in [-0.4, -0.2) is 18.4 Å². The van der Waals surface area contributed by atoms with E-state index in [-0.39, 0.29) is 10.8 Å². The molecule has 1 aliphatic heterocycles. The number of carbonyl (C=O) groups is 1. The Hall–Kier alpha value is -1.15. The van der Waals surface area contributed by atoms with Gasteiger partial charge in [-0.1, -0.05) is 37.3 Å². The molecule has 1 saturated heterocycles. The van der Waals surface area contributed by atoms with Crippen molar-refractivity contribution in [1.82, 2.24) is 5.32 Å². The number of benzene rings is 1. The van der Waals surface area contributed by atoms with Crippen LogP contribution in [0.1, 0.15) is 70.3 Å². The molecule has 6 fully saturated rings. The van der Waals surface area contributed by atoms with Gasteiger partial charge in [-0.25, -0.2) is 0 Å². The van der Waals surface area contributed by atoms with Crippen molar-refractivity contribution in [3.8, 4) is 0 Å². The van der Waals surface area contributed by atoms with E-state index in [9.17, 15) is 4.79 Å². The zero-order valence-electron chi connectivity index (χ0n) is 16.7. The number of hydrogen-bond donors (Lipinski definition) is 1. The molecule has 1 aromatic rings. The summed E-state index contributed by atoms with van der Waals surface area (Å²) >= 11 is 0. The topological polar surface area (TPSA) is 29.1 Å². The number of carbonyl (C=O) groups excluding carboxylic acids is 1. The number of Topliss-reactive ketones (excluding diaryl/α,β-unsaturated/α-hetero) is 1. The molecule has 27 heavy (non-hydrogen) atoms. The first-order valence-corrected chi connectivity index (χ1v) is 11.3. The molecule has 1 N–H and O–H groups in total. The molecule has 0 spiro atoms. The van der Waals surface area contributed by atoms with Crippen LogP contribution in [0.5, 0.6) is 0 Å². The molecule has 144 valence electrons. The van der Waals surface area contributed by atoms with Crippen LogP contribution in [-0.2, 0) is 10.2 Å². The fourth-order valence-electron chi connectivity index (χ4n) is 9.00. The van der Waals surface area contributed by atoms with Crippen molar-refractivity contribution in [1.29, 1.82) is 0 Å². The normalized spacial score (nSPS) is 49.7. The summed E-state index contributed by atoms with van der Waals surface area (Å²) in [5, 5.41) is 3.67. The van der Waals surface area contributed by atoms with Gasteiger partial charge < -0.3 is 5.32 Å². The van der Waals surface area contributed by atoms with Crippen molar-refractivity contribution in [3.63, 3.8) is 0 Å². The molecular weight excluding hydrogens is 330 g/mol. The van der Waals surface area contributed by atoms with Gasteiger partial charge in [-0.15, -0.1) is 0 Å². The van der Waals surface area contributed by atoms with E-state index in [1.807, 2.05) is 0 Å². The number of rotatable bonds is 4. The molecule has 5 saturated carbocycles. The number of nitrogens with one attached hydrogen (secondary N) is 1. The highest BCUT2D eigenvalue weighted by molar-refractivity contribution is 5.86. The summed E-state index contributed by atoms with van der Waals surface area (Å²) in [6, 6.07) is 11.8. The SMILES string of the molecule is C[C@@]12CC3CC(C(=O)CC4CC5CNC4C5)(C1)C[C@](c1ccccc1)(C3)C2. The van der Waals surface area contributed by atoms with Gasteiger partial charge in [0.2, 0.25) is 0 Å². The highest BCUT2D eigenvalue weighted by Crippen LogP contribution is 2.70. The number of ketones is 1. The van der Waals surface area contributed by atoms with Crippen LogP contribution >= 0.6 is 0 Å². The zero-order valence-corrected chi connectivity index (χ0v) is 16.7. The Morgan fingerprint density at radius 2 is 1.89 bits per heavy atom. The number of piperidine rings is 1. The van der Waals surface area contributed by atoms with Crippen LogP contribution in [0.2, 0.25) is 0 Å². The van der Waals surface area contributed by atoms with E-state index in [1.54, 1.807) is 0 Å². The van der Waals surface area contributed by atoms with Crippen LogP contribution in [0.3, 0.4) is 0 Å². The van der Waals surface area contributed by atoms with Gasteiger partial charge in [0.05, 0.1) is 0 Å². The highest BCUT2D eigenvalue weighted by Gasteiger charge is 2.64. The lowest BCUT2D eigenvalue weighted by atomic mass is 9.38. The third-order valence-electron chi connectivity index (χ3n) is 9.23. The van der Waals surface area contributed by atoms with Crippen LogP contribution in [0.4, 0.5) is 0 Å². The number of fused-ring (bicyclic) bond motifs is 2. The maximum Gasteiger partial charge on any atom is 0.139 e. The molecule has 0 radical (unpaired) electrons. The highest BCUT2D eigenvalue weighted by atomic mass is 16.1. The van der Waals surface area contributed by atoms with Crippen LogP contribution in [0.15, 0.2) is 30.3 Å². The molecule has 5 unspecified atom stereocenters. The van der Waals surface area contributed by atoms with Gasteiger partial charge in [0.15, 0.2) is 0 Å². The third-order valence-corrected chi connectivity index (χ3v) is 9.23. The summed E-state index contributed by atoms with van der Waals surface area (Å²) in [6.07, 6.45) is 10.9. The molecule has 1 heterocycles. The second-order valence-electron chi connectivity index (χ2n) is 11.5. The molecule has 1 aromatic carbocycles. The monoisotopic (exact) mass is 363 g/mol. The third kappa shape index (κ3) is 2.44. The predicted octanol–water partition coefficient (Wildman–Crippen LogP) is 4.87. The molecule has 5 aliphatic carbocycles. The quantitative estimate of drug-likeness (QED) is 0.827. The maximum absolute atomic E-state index is 13.8. The predicted molar refractivity (Wildman–Crippen MR) is 107 cm³/mol. The minimum absolute atomic E-state index is 0.0220. The van der Waals surface area contributed by atoms with Crippen LogP contribution in [0.25, 0.3) is 0 Å². The van der Waals surface area contributed by atoms with Gasteiger partial charge in [-0.2, -0.15) is 0 Å². The molecule has 6 bridgehead atoms. The molecule has 0 aromatic heterocycles. The Kier molecular flexibility index (Phi) is 3.40. The van der Waals surface area contributed by atoms with Crippen LogP contribution in [0, 0.1) is 28.6 Å². The molecule has 2 heteroatoms. The summed E-state index contributed by atoms with van der Waals surface area (Å²) in [7, 11) is 0. The Balaban J connectivity index is 1.33. The van der Waals surface area contributed by atoms with Crippen molar-refractivity contribution in [2.24, 2.45) is 28.6 Å². The Labute approximate surface area is 163 Å². The summed E-state index contributed by atoms with van der Waals surface area (Å²) in [6.45, 7) is 3.69. The molecule has 2 nitrogen and oxygen atoms in total. The Bertz CT molecular complexity index is 774.